The fourth-order valence-corrected chi connectivity index (χ4v) is 2.33. The average molecular weight is 359 g/mol. The first kappa shape index (κ1) is 19.4. The lowest BCUT2D eigenvalue weighted by atomic mass is 10.1. The highest BCUT2D eigenvalue weighted by atomic mass is 19.1. The topological polar surface area (TPSA) is 70.7 Å². The summed E-state index contributed by atoms with van der Waals surface area (Å²) in [5.41, 5.74) is 1.37. The highest BCUT2D eigenvalue weighted by molar-refractivity contribution is 5.94. The van der Waals surface area contributed by atoms with Gasteiger partial charge in [0.05, 0.1) is 19.2 Å². The zero-order chi connectivity index (χ0) is 19.1. The van der Waals surface area contributed by atoms with Crippen LogP contribution in [0.2, 0.25) is 0 Å². The lowest BCUT2D eigenvalue weighted by Gasteiger charge is -2.11. The number of hydrogen-bond acceptors (Lipinski definition) is 4. The second kappa shape index (κ2) is 8.96. The van der Waals surface area contributed by atoms with Crippen molar-refractivity contribution in [2.24, 2.45) is 0 Å². The summed E-state index contributed by atoms with van der Waals surface area (Å²) in [5, 5.41) is 5.45. The van der Waals surface area contributed by atoms with Crippen LogP contribution in [0.1, 0.15) is 15.9 Å². The fraction of sp³-hybridized carbons (Fsp3) is 0.263. The predicted octanol–water partition coefficient (Wildman–Crippen LogP) is 2.26. The van der Waals surface area contributed by atoms with Crippen LogP contribution in [-0.4, -0.2) is 44.5 Å². The van der Waals surface area contributed by atoms with Gasteiger partial charge in [-0.2, -0.15) is 0 Å². The van der Waals surface area contributed by atoms with Gasteiger partial charge in [-0.25, -0.2) is 4.39 Å². The standard InChI is InChI=1S/C19H22FN3O3/c1-23(2)12-18(24)22-14-6-4-5-13(9-14)11-21-19(25)16-8-7-15(26-3)10-17(16)20/h4-10H,11-12H2,1-3H3,(H,21,25)(H,22,24). The Morgan fingerprint density at radius 2 is 1.92 bits per heavy atom. The number of likely N-dealkylation sites (N-methyl/N-ethyl adjacent to an activating group) is 1. The summed E-state index contributed by atoms with van der Waals surface area (Å²) in [5.74, 6) is -0.949. The van der Waals surface area contributed by atoms with Gasteiger partial charge in [0.2, 0.25) is 5.91 Å². The number of nitrogens with zero attached hydrogens (tertiary/aromatic N) is 1. The van der Waals surface area contributed by atoms with E-state index in [1.807, 2.05) is 20.2 Å². The number of benzene rings is 2. The molecular formula is C19H22FN3O3. The number of halogens is 1. The molecule has 0 aliphatic heterocycles. The summed E-state index contributed by atoms with van der Waals surface area (Å²) in [6.45, 7) is 0.486. The van der Waals surface area contributed by atoms with E-state index in [-0.39, 0.29) is 24.6 Å². The molecule has 0 aliphatic carbocycles. The van der Waals surface area contributed by atoms with Crippen molar-refractivity contribution in [3.8, 4) is 5.75 Å². The van der Waals surface area contributed by atoms with Gasteiger partial charge in [0.25, 0.3) is 5.91 Å². The number of carbonyl (C=O) groups excluding carboxylic acids is 2. The molecule has 0 atom stereocenters. The minimum Gasteiger partial charge on any atom is -0.497 e. The number of hydrogen-bond donors (Lipinski definition) is 2. The highest BCUT2D eigenvalue weighted by Gasteiger charge is 2.12. The summed E-state index contributed by atoms with van der Waals surface area (Å²) in [6.07, 6.45) is 0. The van der Waals surface area contributed by atoms with Gasteiger partial charge in [0.15, 0.2) is 0 Å². The molecule has 2 aromatic carbocycles. The maximum Gasteiger partial charge on any atom is 0.254 e. The molecule has 0 unspecified atom stereocenters. The summed E-state index contributed by atoms with van der Waals surface area (Å²) < 4.78 is 18.9. The molecule has 0 aliphatic rings. The Hall–Kier alpha value is -2.93. The average Bonchev–Trinajstić information content (AvgIpc) is 2.59. The summed E-state index contributed by atoms with van der Waals surface area (Å²) >= 11 is 0. The molecule has 7 heteroatoms. The number of rotatable bonds is 7. The number of methoxy groups -OCH3 is 1. The number of carbonyl (C=O) groups is 2. The molecule has 0 aromatic heterocycles. The maximum absolute atomic E-state index is 13.9. The summed E-state index contributed by atoms with van der Waals surface area (Å²) in [6, 6.07) is 11.2. The number of nitrogens with one attached hydrogen (secondary N) is 2. The zero-order valence-electron chi connectivity index (χ0n) is 15.0. The summed E-state index contributed by atoms with van der Waals surface area (Å²) in [4.78, 5) is 25.7. The van der Waals surface area contributed by atoms with E-state index in [1.165, 1.54) is 19.2 Å². The van der Waals surface area contributed by atoms with Crippen LogP contribution in [0.4, 0.5) is 10.1 Å². The van der Waals surface area contributed by atoms with Crippen molar-refractivity contribution in [1.82, 2.24) is 10.2 Å². The van der Waals surface area contributed by atoms with Gasteiger partial charge in [0, 0.05) is 18.3 Å². The van der Waals surface area contributed by atoms with E-state index in [1.54, 1.807) is 23.1 Å². The quantitative estimate of drug-likeness (QED) is 0.796. The Morgan fingerprint density at radius 1 is 1.15 bits per heavy atom. The third-order valence-electron chi connectivity index (χ3n) is 3.54. The van der Waals surface area contributed by atoms with Crippen LogP contribution < -0.4 is 15.4 Å². The molecule has 6 nitrogen and oxygen atoms in total. The van der Waals surface area contributed by atoms with E-state index in [4.69, 9.17) is 4.74 Å². The Bertz CT molecular complexity index is 793. The zero-order valence-corrected chi connectivity index (χ0v) is 15.0. The van der Waals surface area contributed by atoms with Crippen molar-refractivity contribution in [2.75, 3.05) is 33.1 Å². The molecular weight excluding hydrogens is 337 g/mol. The van der Waals surface area contributed by atoms with Gasteiger partial charge in [-0.3, -0.25) is 9.59 Å². The molecule has 0 heterocycles. The summed E-state index contributed by atoms with van der Waals surface area (Å²) in [7, 11) is 5.05. The molecule has 0 saturated carbocycles. The SMILES string of the molecule is COc1ccc(C(=O)NCc2cccc(NC(=O)CN(C)C)c2)c(F)c1. The van der Waals surface area contributed by atoms with Crippen molar-refractivity contribution < 1.29 is 18.7 Å². The molecule has 2 aromatic rings. The molecule has 2 amide bonds. The van der Waals surface area contributed by atoms with E-state index < -0.39 is 11.7 Å². The number of amides is 2. The molecule has 138 valence electrons. The van der Waals surface area contributed by atoms with Gasteiger partial charge < -0.3 is 20.3 Å². The van der Waals surface area contributed by atoms with Crippen LogP contribution in [0, 0.1) is 5.82 Å². The minimum atomic E-state index is -0.647. The van der Waals surface area contributed by atoms with E-state index in [0.29, 0.717) is 11.4 Å². The van der Waals surface area contributed by atoms with Crippen LogP contribution in [0.25, 0.3) is 0 Å². The monoisotopic (exact) mass is 359 g/mol. The Balaban J connectivity index is 1.98. The van der Waals surface area contributed by atoms with Gasteiger partial charge in [0.1, 0.15) is 11.6 Å². The van der Waals surface area contributed by atoms with Crippen LogP contribution in [0.3, 0.4) is 0 Å². The Kier molecular flexibility index (Phi) is 6.68. The van der Waals surface area contributed by atoms with Gasteiger partial charge in [-0.1, -0.05) is 12.1 Å². The van der Waals surface area contributed by atoms with Gasteiger partial charge >= 0.3 is 0 Å². The number of anilines is 1. The minimum absolute atomic E-state index is 0.0544. The van der Waals surface area contributed by atoms with Gasteiger partial charge in [-0.15, -0.1) is 0 Å². The van der Waals surface area contributed by atoms with E-state index in [2.05, 4.69) is 10.6 Å². The fourth-order valence-electron chi connectivity index (χ4n) is 2.33. The first-order valence-corrected chi connectivity index (χ1v) is 8.04. The normalized spacial score (nSPS) is 10.5. The van der Waals surface area contributed by atoms with Crippen LogP contribution >= 0.6 is 0 Å². The lowest BCUT2D eigenvalue weighted by molar-refractivity contribution is -0.116. The van der Waals surface area contributed by atoms with E-state index in [0.717, 1.165) is 11.6 Å². The van der Waals surface area contributed by atoms with Crippen molar-refractivity contribution in [2.45, 2.75) is 6.54 Å². The maximum atomic E-state index is 13.9. The van der Waals surface area contributed by atoms with Crippen molar-refractivity contribution in [3.63, 3.8) is 0 Å². The van der Waals surface area contributed by atoms with Crippen LogP contribution in [0.5, 0.6) is 5.75 Å². The number of ether oxygens (including phenoxy) is 1. The highest BCUT2D eigenvalue weighted by Crippen LogP contribution is 2.16. The van der Waals surface area contributed by atoms with Gasteiger partial charge in [-0.05, 0) is 43.9 Å². The first-order valence-electron chi connectivity index (χ1n) is 8.04. The Morgan fingerprint density at radius 3 is 2.58 bits per heavy atom. The molecule has 0 bridgehead atoms. The van der Waals surface area contributed by atoms with Crippen LogP contribution in [-0.2, 0) is 11.3 Å². The molecule has 0 radical (unpaired) electrons. The predicted molar refractivity (Wildman–Crippen MR) is 97.7 cm³/mol. The van der Waals surface area contributed by atoms with E-state index >= 15 is 0 Å². The molecule has 2 N–H and O–H groups in total. The Labute approximate surface area is 152 Å². The largest absolute Gasteiger partial charge is 0.497 e. The second-order valence-corrected chi connectivity index (χ2v) is 6.01. The van der Waals surface area contributed by atoms with Crippen molar-refractivity contribution in [1.29, 1.82) is 0 Å². The second-order valence-electron chi connectivity index (χ2n) is 6.01. The van der Waals surface area contributed by atoms with Crippen molar-refractivity contribution >= 4 is 17.5 Å². The lowest BCUT2D eigenvalue weighted by Crippen LogP contribution is -2.27. The molecule has 26 heavy (non-hydrogen) atoms. The third-order valence-corrected chi connectivity index (χ3v) is 3.54. The molecule has 0 saturated heterocycles. The smallest absolute Gasteiger partial charge is 0.254 e. The van der Waals surface area contributed by atoms with E-state index in [9.17, 15) is 14.0 Å². The first-order chi connectivity index (χ1) is 12.4. The van der Waals surface area contributed by atoms with Crippen molar-refractivity contribution in [3.05, 3.63) is 59.4 Å². The molecule has 2 rings (SSSR count). The third kappa shape index (κ3) is 5.56. The molecule has 0 spiro atoms. The van der Waals surface area contributed by atoms with Crippen LogP contribution in [0.15, 0.2) is 42.5 Å². The molecule has 0 fully saturated rings.